The molecule has 1 aromatic heterocycles. The van der Waals surface area contributed by atoms with Gasteiger partial charge in [0.05, 0.1) is 11.3 Å². The molecule has 6 heteroatoms. The Balaban J connectivity index is 1.58. The van der Waals surface area contributed by atoms with Gasteiger partial charge in [-0.1, -0.05) is 0 Å². The van der Waals surface area contributed by atoms with E-state index >= 15 is 0 Å². The second-order valence-electron chi connectivity index (χ2n) is 5.45. The highest BCUT2D eigenvalue weighted by atomic mass is 16.2. The number of likely N-dealkylation sites (tertiary alicyclic amines) is 1. The van der Waals surface area contributed by atoms with Crippen LogP contribution < -0.4 is 5.32 Å². The van der Waals surface area contributed by atoms with E-state index in [0.29, 0.717) is 6.04 Å². The Morgan fingerprint density at radius 2 is 2.05 bits per heavy atom. The van der Waals surface area contributed by atoms with Crippen LogP contribution in [0.3, 0.4) is 0 Å². The summed E-state index contributed by atoms with van der Waals surface area (Å²) in [7, 11) is 1.85. The number of aryl methyl sites for hydroxylation is 2. The zero-order chi connectivity index (χ0) is 13.4. The summed E-state index contributed by atoms with van der Waals surface area (Å²) in [5.74, 6) is 0.122. The van der Waals surface area contributed by atoms with Gasteiger partial charge in [0.1, 0.15) is 0 Å². The first kappa shape index (κ1) is 12.6. The molecule has 0 aliphatic carbocycles. The molecule has 3 heterocycles. The molecule has 2 aliphatic rings. The first-order chi connectivity index (χ1) is 9.15. The molecule has 2 saturated heterocycles. The third-order valence-corrected chi connectivity index (χ3v) is 4.06. The molecular weight excluding hydrogens is 242 g/mol. The number of aromatic nitrogens is 2. The fraction of sp³-hybridized carbons (Fsp3) is 0.692. The van der Waals surface area contributed by atoms with Crippen molar-refractivity contribution in [3.63, 3.8) is 0 Å². The predicted molar refractivity (Wildman–Crippen MR) is 72.1 cm³/mol. The minimum Gasteiger partial charge on any atom is -0.335 e. The molecule has 6 nitrogen and oxygen atoms in total. The maximum Gasteiger partial charge on any atom is 0.257 e. The topological polar surface area (TPSA) is 53.4 Å². The summed E-state index contributed by atoms with van der Waals surface area (Å²) >= 11 is 0. The van der Waals surface area contributed by atoms with E-state index in [1.807, 2.05) is 25.1 Å². The molecule has 1 N–H and O–H groups in total. The first-order valence-corrected chi connectivity index (χ1v) is 6.89. The van der Waals surface area contributed by atoms with Gasteiger partial charge >= 0.3 is 0 Å². The third kappa shape index (κ3) is 2.37. The van der Waals surface area contributed by atoms with Gasteiger partial charge in [-0.05, 0) is 6.92 Å². The molecule has 0 spiro atoms. The standard InChI is InChI=1S/C13H21N5O/c1-10-12(9-16(2)15-10)13(19)18-7-11(8-18)17-5-3-14-4-6-17/h9,11,14H,3-8H2,1-2H3. The van der Waals surface area contributed by atoms with Gasteiger partial charge in [-0.2, -0.15) is 5.10 Å². The minimum absolute atomic E-state index is 0.122. The van der Waals surface area contributed by atoms with Crippen molar-refractivity contribution in [2.24, 2.45) is 7.05 Å². The highest BCUT2D eigenvalue weighted by Gasteiger charge is 2.36. The van der Waals surface area contributed by atoms with E-state index in [1.54, 1.807) is 4.68 Å². The zero-order valence-corrected chi connectivity index (χ0v) is 11.6. The van der Waals surface area contributed by atoms with Crippen LogP contribution in [0.2, 0.25) is 0 Å². The molecule has 0 saturated carbocycles. The van der Waals surface area contributed by atoms with Gasteiger partial charge in [0.25, 0.3) is 5.91 Å². The Labute approximate surface area is 113 Å². The Bertz CT molecular complexity index is 471. The van der Waals surface area contributed by atoms with Gasteiger partial charge in [0, 0.05) is 58.6 Å². The average molecular weight is 263 g/mol. The number of hydrogen-bond donors (Lipinski definition) is 1. The molecule has 3 rings (SSSR count). The molecule has 2 aliphatic heterocycles. The predicted octanol–water partition coefficient (Wildman–Crippen LogP) is -0.542. The van der Waals surface area contributed by atoms with Crippen LogP contribution in [0.25, 0.3) is 0 Å². The smallest absolute Gasteiger partial charge is 0.257 e. The summed E-state index contributed by atoms with van der Waals surface area (Å²) in [5.41, 5.74) is 1.55. The lowest BCUT2D eigenvalue weighted by molar-refractivity contribution is 0.0226. The fourth-order valence-electron chi connectivity index (χ4n) is 2.88. The van der Waals surface area contributed by atoms with E-state index in [-0.39, 0.29) is 5.91 Å². The van der Waals surface area contributed by atoms with Crippen LogP contribution in [0.1, 0.15) is 16.1 Å². The summed E-state index contributed by atoms with van der Waals surface area (Å²) in [6.07, 6.45) is 1.82. The second kappa shape index (κ2) is 4.94. The average Bonchev–Trinajstić information content (AvgIpc) is 2.68. The van der Waals surface area contributed by atoms with Crippen LogP contribution >= 0.6 is 0 Å². The van der Waals surface area contributed by atoms with Gasteiger partial charge < -0.3 is 10.2 Å². The quantitative estimate of drug-likeness (QED) is 0.778. The zero-order valence-electron chi connectivity index (χ0n) is 11.6. The minimum atomic E-state index is 0.122. The van der Waals surface area contributed by atoms with Gasteiger partial charge in [-0.15, -0.1) is 0 Å². The van der Waals surface area contributed by atoms with Crippen molar-refractivity contribution in [1.82, 2.24) is 24.9 Å². The van der Waals surface area contributed by atoms with Crippen LogP contribution in [-0.4, -0.2) is 70.8 Å². The molecule has 1 amide bonds. The van der Waals surface area contributed by atoms with Gasteiger partial charge in [0.2, 0.25) is 0 Å². The Hall–Kier alpha value is -1.40. The van der Waals surface area contributed by atoms with Crippen LogP contribution in [0.15, 0.2) is 6.20 Å². The van der Waals surface area contributed by atoms with Crippen molar-refractivity contribution >= 4 is 5.91 Å². The lowest BCUT2D eigenvalue weighted by Gasteiger charge is -2.46. The van der Waals surface area contributed by atoms with Crippen molar-refractivity contribution in [2.45, 2.75) is 13.0 Å². The highest BCUT2D eigenvalue weighted by Crippen LogP contribution is 2.19. The Kier molecular flexibility index (Phi) is 3.28. The molecule has 0 bridgehead atoms. The highest BCUT2D eigenvalue weighted by molar-refractivity contribution is 5.95. The van der Waals surface area contributed by atoms with Crippen molar-refractivity contribution in [2.75, 3.05) is 39.3 Å². The van der Waals surface area contributed by atoms with E-state index in [0.717, 1.165) is 50.5 Å². The molecule has 0 aromatic carbocycles. The molecular formula is C13H21N5O. The second-order valence-corrected chi connectivity index (χ2v) is 5.45. The monoisotopic (exact) mass is 263 g/mol. The van der Waals surface area contributed by atoms with Gasteiger partial charge in [-0.25, -0.2) is 0 Å². The van der Waals surface area contributed by atoms with E-state index in [9.17, 15) is 4.79 Å². The molecule has 0 atom stereocenters. The summed E-state index contributed by atoms with van der Waals surface area (Å²) in [6, 6.07) is 0.544. The van der Waals surface area contributed by atoms with Crippen LogP contribution in [0.4, 0.5) is 0 Å². The molecule has 0 radical (unpaired) electrons. The molecule has 1 aromatic rings. The Morgan fingerprint density at radius 3 is 2.63 bits per heavy atom. The number of piperazine rings is 1. The molecule has 19 heavy (non-hydrogen) atoms. The normalized spacial score (nSPS) is 21.5. The summed E-state index contributed by atoms with van der Waals surface area (Å²) in [6.45, 7) is 7.91. The van der Waals surface area contributed by atoms with E-state index in [1.165, 1.54) is 0 Å². The third-order valence-electron chi connectivity index (χ3n) is 4.06. The summed E-state index contributed by atoms with van der Waals surface area (Å²) < 4.78 is 1.70. The van der Waals surface area contributed by atoms with Crippen LogP contribution in [0, 0.1) is 6.92 Å². The lowest BCUT2D eigenvalue weighted by Crippen LogP contribution is -2.63. The van der Waals surface area contributed by atoms with Gasteiger partial charge in [-0.3, -0.25) is 14.4 Å². The van der Waals surface area contributed by atoms with Crippen molar-refractivity contribution in [1.29, 1.82) is 0 Å². The van der Waals surface area contributed by atoms with E-state index in [2.05, 4.69) is 15.3 Å². The van der Waals surface area contributed by atoms with Crippen molar-refractivity contribution < 1.29 is 4.79 Å². The van der Waals surface area contributed by atoms with Gasteiger partial charge in [0.15, 0.2) is 0 Å². The summed E-state index contributed by atoms with van der Waals surface area (Å²) in [5, 5.41) is 7.59. The molecule has 2 fully saturated rings. The maximum absolute atomic E-state index is 12.3. The maximum atomic E-state index is 12.3. The van der Waals surface area contributed by atoms with Crippen LogP contribution in [0.5, 0.6) is 0 Å². The number of rotatable bonds is 2. The largest absolute Gasteiger partial charge is 0.335 e. The number of amides is 1. The van der Waals surface area contributed by atoms with E-state index < -0.39 is 0 Å². The van der Waals surface area contributed by atoms with Crippen molar-refractivity contribution in [3.05, 3.63) is 17.5 Å². The number of carbonyl (C=O) groups is 1. The first-order valence-electron chi connectivity index (χ1n) is 6.89. The summed E-state index contributed by atoms with van der Waals surface area (Å²) in [4.78, 5) is 16.7. The SMILES string of the molecule is Cc1nn(C)cc1C(=O)N1CC(N2CCNCC2)C1. The van der Waals surface area contributed by atoms with Crippen molar-refractivity contribution in [3.8, 4) is 0 Å². The number of nitrogens with one attached hydrogen (secondary N) is 1. The van der Waals surface area contributed by atoms with E-state index in [4.69, 9.17) is 0 Å². The number of carbonyl (C=O) groups excluding carboxylic acids is 1. The number of hydrogen-bond acceptors (Lipinski definition) is 4. The molecule has 0 unspecified atom stereocenters. The lowest BCUT2D eigenvalue weighted by atomic mass is 10.0. The molecule has 104 valence electrons. The fourth-order valence-corrected chi connectivity index (χ4v) is 2.88. The number of nitrogens with zero attached hydrogens (tertiary/aromatic N) is 4. The van der Waals surface area contributed by atoms with Crippen LogP contribution in [-0.2, 0) is 7.05 Å². The Morgan fingerprint density at radius 1 is 1.37 bits per heavy atom.